The molecule has 0 spiro atoms. The van der Waals surface area contributed by atoms with Crippen LogP contribution in [0.25, 0.3) is 11.1 Å². The molecule has 0 aliphatic heterocycles. The van der Waals surface area contributed by atoms with Crippen LogP contribution in [0.15, 0.2) is 48.5 Å². The van der Waals surface area contributed by atoms with Crippen LogP contribution in [0, 0.1) is 0 Å². The van der Waals surface area contributed by atoms with E-state index in [4.69, 9.17) is 14.2 Å². The summed E-state index contributed by atoms with van der Waals surface area (Å²) >= 11 is 1.34. The minimum Gasteiger partial charge on any atom is -0.480 e. The third-order valence-electron chi connectivity index (χ3n) is 5.18. The zero-order valence-electron chi connectivity index (χ0n) is 18.3. The Balaban J connectivity index is 1.54. The maximum absolute atomic E-state index is 12.4. The van der Waals surface area contributed by atoms with E-state index in [1.165, 1.54) is 11.8 Å². The summed E-state index contributed by atoms with van der Waals surface area (Å²) < 4.78 is 16.4. The molecule has 1 amide bonds. The normalized spacial score (nSPS) is 13.5. The molecule has 2 aromatic carbocycles. The molecule has 1 unspecified atom stereocenters. The van der Waals surface area contributed by atoms with Crippen molar-refractivity contribution in [3.63, 3.8) is 0 Å². The zero-order chi connectivity index (χ0) is 22.9. The van der Waals surface area contributed by atoms with Crippen LogP contribution < -0.4 is 5.32 Å². The number of benzene rings is 2. The number of carbonyl (C=O) groups is 2. The first-order valence-electron chi connectivity index (χ1n) is 10.7. The predicted molar refractivity (Wildman–Crippen MR) is 124 cm³/mol. The van der Waals surface area contributed by atoms with Crippen molar-refractivity contribution >= 4 is 23.8 Å². The monoisotopic (exact) mass is 459 g/mol. The number of thioether (sulfide) groups is 1. The number of hydrogen-bond acceptors (Lipinski definition) is 6. The molecule has 0 saturated heterocycles. The first-order chi connectivity index (χ1) is 15.5. The Morgan fingerprint density at radius 1 is 0.969 bits per heavy atom. The highest BCUT2D eigenvalue weighted by Crippen LogP contribution is 2.44. The van der Waals surface area contributed by atoms with Crippen molar-refractivity contribution in [2.24, 2.45) is 0 Å². The van der Waals surface area contributed by atoms with Gasteiger partial charge in [-0.25, -0.2) is 9.59 Å². The molecule has 0 aromatic heterocycles. The van der Waals surface area contributed by atoms with E-state index in [1.54, 1.807) is 0 Å². The maximum Gasteiger partial charge on any atom is 0.407 e. The molecule has 0 bridgehead atoms. The number of carboxylic acids is 1. The van der Waals surface area contributed by atoms with Gasteiger partial charge in [-0.05, 0) is 36.1 Å². The van der Waals surface area contributed by atoms with Crippen molar-refractivity contribution in [2.75, 3.05) is 31.3 Å². The van der Waals surface area contributed by atoms with E-state index < -0.39 is 24.4 Å². The van der Waals surface area contributed by atoms with Gasteiger partial charge in [0.05, 0.1) is 0 Å². The Morgan fingerprint density at radius 2 is 1.53 bits per heavy atom. The topological polar surface area (TPSA) is 94.1 Å². The van der Waals surface area contributed by atoms with E-state index >= 15 is 0 Å². The van der Waals surface area contributed by atoms with Gasteiger partial charge in [0.25, 0.3) is 0 Å². The molecule has 1 aliphatic rings. The number of aliphatic carboxylic acids is 1. The summed E-state index contributed by atoms with van der Waals surface area (Å²) in [7, 11) is 0. The second kappa shape index (κ2) is 11.9. The van der Waals surface area contributed by atoms with Crippen molar-refractivity contribution in [1.82, 2.24) is 5.32 Å². The second-order valence-corrected chi connectivity index (χ2v) is 8.31. The van der Waals surface area contributed by atoms with Crippen molar-refractivity contribution in [3.8, 4) is 11.1 Å². The molecule has 0 radical (unpaired) electrons. The molecule has 7 nitrogen and oxygen atoms in total. The van der Waals surface area contributed by atoms with Crippen LogP contribution in [-0.4, -0.2) is 60.8 Å². The number of carboxylic acid groups (broad SMARTS) is 1. The number of hydrogen-bond donors (Lipinski definition) is 2. The van der Waals surface area contributed by atoms with Crippen LogP contribution in [0.1, 0.15) is 30.9 Å². The molecule has 2 aromatic rings. The lowest BCUT2D eigenvalue weighted by molar-refractivity contribution is -0.138. The van der Waals surface area contributed by atoms with E-state index in [2.05, 4.69) is 17.4 Å². The quantitative estimate of drug-likeness (QED) is 0.461. The lowest BCUT2D eigenvalue weighted by Gasteiger charge is -2.19. The number of alkyl carbamates (subject to hydrolysis) is 1. The van der Waals surface area contributed by atoms with Crippen molar-refractivity contribution < 1.29 is 28.9 Å². The molecule has 0 heterocycles. The fraction of sp³-hybridized carbons (Fsp3) is 0.417. The second-order valence-electron chi connectivity index (χ2n) is 7.24. The van der Waals surface area contributed by atoms with Gasteiger partial charge in [0.1, 0.15) is 12.6 Å². The Hall–Kier alpha value is -2.55. The fourth-order valence-corrected chi connectivity index (χ4v) is 4.74. The lowest BCUT2D eigenvalue weighted by Crippen LogP contribution is -2.43. The number of nitrogens with one attached hydrogen (secondary N) is 1. The van der Waals surface area contributed by atoms with Gasteiger partial charge in [-0.3, -0.25) is 0 Å². The highest BCUT2D eigenvalue weighted by atomic mass is 32.2. The van der Waals surface area contributed by atoms with Gasteiger partial charge in [0.2, 0.25) is 0 Å². The third-order valence-corrected chi connectivity index (χ3v) is 6.25. The van der Waals surface area contributed by atoms with Crippen molar-refractivity contribution in [1.29, 1.82) is 0 Å². The molecule has 1 atom stereocenters. The number of rotatable bonds is 12. The highest BCUT2D eigenvalue weighted by molar-refractivity contribution is 7.99. The van der Waals surface area contributed by atoms with Crippen molar-refractivity contribution in [3.05, 3.63) is 59.7 Å². The summed E-state index contributed by atoms with van der Waals surface area (Å²) in [5, 5.41) is 12.0. The molecule has 0 saturated carbocycles. The van der Waals surface area contributed by atoms with Gasteiger partial charge in [-0.1, -0.05) is 48.5 Å². The number of amides is 1. The van der Waals surface area contributed by atoms with E-state index in [0.717, 1.165) is 22.3 Å². The van der Waals surface area contributed by atoms with Gasteiger partial charge < -0.3 is 24.6 Å². The van der Waals surface area contributed by atoms with Gasteiger partial charge in [0, 0.05) is 30.6 Å². The van der Waals surface area contributed by atoms with Crippen LogP contribution in [-0.2, 0) is 19.0 Å². The number of carbonyl (C=O) groups excluding carboxylic acids is 1. The molecule has 172 valence electrons. The number of fused-ring (bicyclic) bond motifs is 3. The van der Waals surface area contributed by atoms with Gasteiger partial charge in [-0.2, -0.15) is 11.8 Å². The summed E-state index contributed by atoms with van der Waals surface area (Å²) in [5.41, 5.74) is 4.47. The van der Waals surface area contributed by atoms with E-state index in [9.17, 15) is 14.7 Å². The van der Waals surface area contributed by atoms with Gasteiger partial charge in [-0.15, -0.1) is 0 Å². The molecule has 1 aliphatic carbocycles. The van der Waals surface area contributed by atoms with E-state index in [-0.39, 0.29) is 18.3 Å². The minimum absolute atomic E-state index is 0.0797. The Bertz CT molecular complexity index is 869. The van der Waals surface area contributed by atoms with Crippen molar-refractivity contribution in [2.45, 2.75) is 32.1 Å². The minimum atomic E-state index is -1.12. The van der Waals surface area contributed by atoms with E-state index in [0.29, 0.717) is 19.0 Å². The first kappa shape index (κ1) is 24.1. The smallest absolute Gasteiger partial charge is 0.407 e. The Kier molecular flexibility index (Phi) is 8.96. The Labute approximate surface area is 192 Å². The third kappa shape index (κ3) is 6.03. The fourth-order valence-electron chi connectivity index (χ4n) is 3.76. The molecular weight excluding hydrogens is 430 g/mol. The number of ether oxygens (including phenoxy) is 3. The molecular formula is C24H29NO6S. The summed E-state index contributed by atoms with van der Waals surface area (Å²) in [6, 6.07) is 15.0. The van der Waals surface area contributed by atoms with Crippen LogP contribution in [0.4, 0.5) is 4.79 Å². The molecule has 3 rings (SSSR count). The zero-order valence-corrected chi connectivity index (χ0v) is 19.1. The average Bonchev–Trinajstić information content (AvgIpc) is 3.11. The van der Waals surface area contributed by atoms with Gasteiger partial charge >= 0.3 is 12.1 Å². The summed E-state index contributed by atoms with van der Waals surface area (Å²) in [5.74, 6) is -0.548. The summed E-state index contributed by atoms with van der Waals surface area (Å²) in [4.78, 5) is 24.0. The maximum atomic E-state index is 12.4. The highest BCUT2D eigenvalue weighted by Gasteiger charge is 2.29. The predicted octanol–water partition coefficient (Wildman–Crippen LogP) is 4.11. The van der Waals surface area contributed by atoms with E-state index in [1.807, 2.05) is 50.2 Å². The van der Waals surface area contributed by atoms with Crippen LogP contribution >= 0.6 is 11.8 Å². The molecule has 0 fully saturated rings. The largest absolute Gasteiger partial charge is 0.480 e. The SMILES string of the molecule is CCOC(CSCC(NC(=O)OCC1c2ccccc2-c2ccccc21)C(=O)O)OCC. The molecule has 2 N–H and O–H groups in total. The lowest BCUT2D eigenvalue weighted by atomic mass is 9.98. The molecule has 32 heavy (non-hydrogen) atoms. The van der Waals surface area contributed by atoms with Crippen LogP contribution in [0.2, 0.25) is 0 Å². The average molecular weight is 460 g/mol. The summed E-state index contributed by atoms with van der Waals surface area (Å²) in [6.07, 6.45) is -1.15. The summed E-state index contributed by atoms with van der Waals surface area (Å²) in [6.45, 7) is 4.89. The van der Waals surface area contributed by atoms with Crippen LogP contribution in [0.5, 0.6) is 0 Å². The van der Waals surface area contributed by atoms with Gasteiger partial charge in [0.15, 0.2) is 6.29 Å². The van der Waals surface area contributed by atoms with Crippen LogP contribution in [0.3, 0.4) is 0 Å². The molecule has 8 heteroatoms. The Morgan fingerprint density at radius 3 is 2.06 bits per heavy atom. The first-order valence-corrected chi connectivity index (χ1v) is 11.9. The standard InChI is InChI=1S/C24H29NO6S/c1-3-29-22(30-4-2)15-32-14-21(23(26)27)25-24(28)31-13-20-18-11-7-5-9-16(18)17-10-6-8-12-19(17)20/h5-12,20-22H,3-4,13-15H2,1-2H3,(H,25,28)(H,26,27).